The fourth-order valence-electron chi connectivity index (χ4n) is 10.3. The maximum absolute atomic E-state index is 15.9. The van der Waals surface area contributed by atoms with E-state index in [1.807, 2.05) is 0 Å². The number of nitrogens with zero attached hydrogens (tertiary/aromatic N) is 2. The van der Waals surface area contributed by atoms with Gasteiger partial charge in [-0.25, -0.2) is 27.5 Å². The normalized spacial score (nSPS) is 14.9. The van der Waals surface area contributed by atoms with Crippen molar-refractivity contribution in [1.82, 2.24) is 9.97 Å². The molecular weight excluding hydrogens is 1100 g/mol. The smallest absolute Gasteiger partial charge is 0.334 e. The Labute approximate surface area is 468 Å². The lowest BCUT2D eigenvalue weighted by Crippen LogP contribution is -2.46. The number of rotatable bonds is 14. The third-order valence-electron chi connectivity index (χ3n) is 14.1. The maximum atomic E-state index is 15.9. The van der Waals surface area contributed by atoms with Crippen LogP contribution in [0.4, 0.5) is 17.6 Å². The van der Waals surface area contributed by atoms with Crippen molar-refractivity contribution in [3.8, 4) is 0 Å². The minimum Gasteiger partial charge on any atom is -0.459 e. The highest BCUT2D eigenvalue weighted by atomic mass is 32.1. The van der Waals surface area contributed by atoms with Crippen molar-refractivity contribution in [2.45, 2.75) is 37.3 Å². The number of aromatic nitrogens is 2. The van der Waals surface area contributed by atoms with Crippen LogP contribution in [0.5, 0.6) is 0 Å². The third-order valence-corrected chi connectivity index (χ3v) is 16.2. The number of hydrogen-bond donors (Lipinski definition) is 0. The zero-order valence-corrected chi connectivity index (χ0v) is 43.6. The van der Waals surface area contributed by atoms with Crippen LogP contribution >= 0.6 is 22.7 Å². The van der Waals surface area contributed by atoms with Crippen LogP contribution in [0.15, 0.2) is 157 Å². The Balaban J connectivity index is 1.13. The van der Waals surface area contributed by atoms with Gasteiger partial charge in [0.25, 0.3) is 0 Å². The molecule has 20 heteroatoms. The molecule has 0 unspecified atom stereocenters. The highest BCUT2D eigenvalue weighted by Gasteiger charge is 2.73. The molecule has 0 spiro atoms. The molecule has 82 heavy (non-hydrogen) atoms. The number of carbonyl (C=O) groups is 8. The van der Waals surface area contributed by atoms with Gasteiger partial charge in [-0.2, -0.15) is 0 Å². The largest absolute Gasteiger partial charge is 0.459 e. The SMILES string of the molecule is O=C1C(=Cc2nc3c(s2)C2=C(c4sc(C=C5C(=O)c6cc(F)c(F)cc6C5=O)nc4C2(C(=O)OCc2ccccc2)C(=O)OCc2ccccc2)C3(C(=O)OCc2ccccc2)C(=O)OCc2ccccc2)C(=O)c2cc(F)c(F)cc21. The topological polar surface area (TPSA) is 199 Å². The van der Waals surface area contributed by atoms with Crippen molar-refractivity contribution < 1.29 is 74.9 Å². The summed E-state index contributed by atoms with van der Waals surface area (Å²) in [5.41, 5.74) is -9.37. The van der Waals surface area contributed by atoms with E-state index in [9.17, 15) is 36.7 Å². The molecule has 0 aliphatic heterocycles. The summed E-state index contributed by atoms with van der Waals surface area (Å²) < 4.78 is 82.7. The first-order valence-corrected chi connectivity index (χ1v) is 26.5. The average Bonchev–Trinajstić information content (AvgIpc) is 1.59. The van der Waals surface area contributed by atoms with Crippen molar-refractivity contribution in [2.75, 3.05) is 0 Å². The van der Waals surface area contributed by atoms with Gasteiger partial charge in [-0.1, -0.05) is 121 Å². The third kappa shape index (κ3) is 8.52. The Kier molecular flexibility index (Phi) is 13.3. The van der Waals surface area contributed by atoms with Crippen molar-refractivity contribution in [1.29, 1.82) is 0 Å². The number of ether oxygens (including phenoxy) is 4. The van der Waals surface area contributed by atoms with Gasteiger partial charge in [0.05, 0.1) is 32.3 Å². The zero-order chi connectivity index (χ0) is 57.2. The Morgan fingerprint density at radius 1 is 0.402 bits per heavy atom. The molecule has 0 amide bonds. The molecule has 0 N–H and O–H groups in total. The van der Waals surface area contributed by atoms with E-state index in [0.29, 0.717) is 69.2 Å². The van der Waals surface area contributed by atoms with Crippen LogP contribution in [0.1, 0.15) is 94.8 Å². The first kappa shape index (κ1) is 52.8. The maximum Gasteiger partial charge on any atom is 0.334 e. The van der Waals surface area contributed by atoms with E-state index in [1.54, 1.807) is 121 Å². The van der Waals surface area contributed by atoms with Crippen molar-refractivity contribution in [3.63, 3.8) is 0 Å². The number of allylic oxidation sites excluding steroid dienone is 2. The van der Waals surface area contributed by atoms with Gasteiger partial charge in [0.1, 0.15) is 36.4 Å². The molecule has 2 aromatic heterocycles. The first-order chi connectivity index (χ1) is 39.6. The van der Waals surface area contributed by atoms with Crippen molar-refractivity contribution >= 4 is 93.0 Å². The zero-order valence-electron chi connectivity index (χ0n) is 42.0. The molecule has 8 aromatic rings. The second-order valence-corrected chi connectivity index (χ2v) is 21.1. The minimum absolute atomic E-state index is 0.276. The van der Waals surface area contributed by atoms with Gasteiger partial charge in [-0.15, -0.1) is 22.7 Å². The molecular formula is C62H34F4N2O12S2. The summed E-state index contributed by atoms with van der Waals surface area (Å²) in [6.45, 7) is -1.99. The van der Waals surface area contributed by atoms with E-state index in [1.165, 1.54) is 0 Å². The number of halogens is 4. The van der Waals surface area contributed by atoms with Crippen molar-refractivity contribution in [2.24, 2.45) is 0 Å². The fourth-order valence-corrected chi connectivity index (χ4v) is 12.6. The second kappa shape index (κ2) is 20.6. The molecule has 0 fully saturated rings. The number of carbonyl (C=O) groups excluding carboxylic acids is 8. The molecule has 0 radical (unpaired) electrons. The quantitative estimate of drug-likeness (QED) is 0.0249. The molecule has 0 bridgehead atoms. The molecule has 404 valence electrons. The van der Waals surface area contributed by atoms with Gasteiger partial charge in [0, 0.05) is 33.4 Å². The Morgan fingerprint density at radius 2 is 0.646 bits per heavy atom. The van der Waals surface area contributed by atoms with Gasteiger partial charge in [-0.3, -0.25) is 38.4 Å². The van der Waals surface area contributed by atoms with Gasteiger partial charge in [-0.05, 0) is 58.7 Å². The summed E-state index contributed by atoms with van der Waals surface area (Å²) in [6, 6.07) is 35.4. The van der Waals surface area contributed by atoms with Crippen molar-refractivity contribution in [3.05, 3.63) is 256 Å². The van der Waals surface area contributed by atoms with Crippen LogP contribution in [-0.2, 0) is 75.4 Å². The minimum atomic E-state index is -3.00. The molecule has 0 atom stereocenters. The molecule has 2 heterocycles. The summed E-state index contributed by atoms with van der Waals surface area (Å²) in [5.74, 6) is -15.3. The number of hydrogen-bond acceptors (Lipinski definition) is 16. The van der Waals surface area contributed by atoms with Gasteiger partial charge >= 0.3 is 23.9 Å². The molecule has 14 nitrogen and oxygen atoms in total. The van der Waals surface area contributed by atoms with E-state index in [-0.39, 0.29) is 19.8 Å². The summed E-state index contributed by atoms with van der Waals surface area (Å²) in [5, 5.41) is -0.608. The first-order valence-electron chi connectivity index (χ1n) is 24.8. The van der Waals surface area contributed by atoms with Crippen LogP contribution in [0.25, 0.3) is 23.3 Å². The summed E-state index contributed by atoms with van der Waals surface area (Å²) in [6.07, 6.45) is 1.95. The van der Waals surface area contributed by atoms with Gasteiger partial charge < -0.3 is 18.9 Å². The number of esters is 4. The summed E-state index contributed by atoms with van der Waals surface area (Å²) in [4.78, 5) is 128. The Morgan fingerprint density at radius 3 is 0.890 bits per heavy atom. The molecule has 0 saturated heterocycles. The predicted molar refractivity (Wildman–Crippen MR) is 285 cm³/mol. The molecule has 6 aromatic carbocycles. The van der Waals surface area contributed by atoms with Crippen LogP contribution in [0.2, 0.25) is 0 Å². The number of benzene rings is 6. The average molecular weight is 1140 g/mol. The molecule has 4 aliphatic carbocycles. The number of fused-ring (bicyclic) bond motifs is 6. The molecule has 12 rings (SSSR count). The van der Waals surface area contributed by atoms with Crippen LogP contribution in [0, 0.1) is 23.3 Å². The van der Waals surface area contributed by atoms with Gasteiger partial charge in [0.15, 0.2) is 46.4 Å². The lowest BCUT2D eigenvalue weighted by Gasteiger charge is -2.27. The molecule has 4 aliphatic rings. The van der Waals surface area contributed by atoms with E-state index in [4.69, 9.17) is 28.9 Å². The fraction of sp³-hybridized carbons (Fsp3) is 0.0968. The van der Waals surface area contributed by atoms with Crippen LogP contribution in [-0.4, -0.2) is 57.0 Å². The Bertz CT molecular complexity index is 3750. The van der Waals surface area contributed by atoms with E-state index < -0.39 is 163 Å². The standard InChI is InChI=1S/C62H34F4N2O12S2/c63-41-21-35-36(22-42(41)64)50(70)39(49(35)69)25-45-67-55-54(82-45)48-47(61(55,57(73)77-27-31-13-5-1-6-14-31)58(74)78-28-32-15-7-2-8-16-32)53-56(68-46(81-53)26-40-51(71)37-23-43(65)44(66)24-38(37)52(40)72)62(48,59(75)79-29-33-17-9-3-10-18-33)60(76)80-30-34-19-11-4-12-20-34/h1-26H,27-30H2. The van der Waals surface area contributed by atoms with Gasteiger partial charge in [0.2, 0.25) is 10.8 Å². The summed E-state index contributed by atoms with van der Waals surface area (Å²) >= 11 is 1.18. The Hall–Kier alpha value is -9.92. The van der Waals surface area contributed by atoms with E-state index in [0.717, 1.165) is 12.2 Å². The van der Waals surface area contributed by atoms with E-state index >= 15 is 19.2 Å². The number of thiazole rings is 2. The van der Waals surface area contributed by atoms with Crippen LogP contribution < -0.4 is 0 Å². The van der Waals surface area contributed by atoms with E-state index in [2.05, 4.69) is 0 Å². The highest BCUT2D eigenvalue weighted by molar-refractivity contribution is 7.16. The monoisotopic (exact) mass is 1140 g/mol. The van der Waals surface area contributed by atoms with Crippen LogP contribution in [0.3, 0.4) is 0 Å². The summed E-state index contributed by atoms with van der Waals surface area (Å²) in [7, 11) is 0. The lowest BCUT2D eigenvalue weighted by atomic mass is 9.79. The molecule has 0 saturated carbocycles. The number of Topliss-reactive ketones (excluding diaryl/α,β-unsaturated/α-hetero) is 4. The highest BCUT2D eigenvalue weighted by Crippen LogP contribution is 2.66. The lowest BCUT2D eigenvalue weighted by molar-refractivity contribution is -0.165. The second-order valence-electron chi connectivity index (χ2n) is 19.0. The predicted octanol–water partition coefficient (Wildman–Crippen LogP) is 10.5. The number of ketones is 4.